The van der Waals surface area contributed by atoms with Gasteiger partial charge in [-0.2, -0.15) is 0 Å². The van der Waals surface area contributed by atoms with Crippen LogP contribution in [0.25, 0.3) is 0 Å². The van der Waals surface area contributed by atoms with E-state index in [1.807, 2.05) is 0 Å². The number of hydrogen-bond donors (Lipinski definition) is 0. The topological polar surface area (TPSA) is 49.9 Å². The van der Waals surface area contributed by atoms with Gasteiger partial charge in [0.15, 0.2) is 0 Å². The van der Waals surface area contributed by atoms with Gasteiger partial charge in [0.1, 0.15) is 11.9 Å². The molecule has 2 atom stereocenters. The van der Waals surface area contributed by atoms with E-state index < -0.39 is 11.9 Å². The van der Waals surface area contributed by atoms with Gasteiger partial charge in [0.2, 0.25) is 0 Å². The van der Waals surface area contributed by atoms with Crippen molar-refractivity contribution < 1.29 is 18.7 Å². The highest BCUT2D eigenvalue weighted by atomic mass is 19.1. The van der Waals surface area contributed by atoms with Crippen LogP contribution in [0.15, 0.2) is 36.9 Å². The summed E-state index contributed by atoms with van der Waals surface area (Å²) in [5.74, 6) is -0.794. The Labute approximate surface area is 128 Å². The van der Waals surface area contributed by atoms with Crippen LogP contribution in [0.1, 0.15) is 12.8 Å². The summed E-state index contributed by atoms with van der Waals surface area (Å²) < 4.78 is 19.0. The summed E-state index contributed by atoms with van der Waals surface area (Å²) in [5.41, 5.74) is 0.271. The van der Waals surface area contributed by atoms with Crippen molar-refractivity contribution in [2.24, 2.45) is 0 Å². The molecular weight excluding hydrogens is 287 g/mol. The molecule has 0 saturated carbocycles. The van der Waals surface area contributed by atoms with Crippen molar-refractivity contribution in [1.82, 2.24) is 4.90 Å². The van der Waals surface area contributed by atoms with Crippen LogP contribution in [0.3, 0.4) is 0 Å². The number of anilines is 1. The van der Waals surface area contributed by atoms with Gasteiger partial charge in [-0.15, -0.1) is 6.58 Å². The fourth-order valence-corrected chi connectivity index (χ4v) is 2.98. The van der Waals surface area contributed by atoms with Gasteiger partial charge in [-0.25, -0.2) is 14.1 Å². The zero-order valence-electron chi connectivity index (χ0n) is 12.1. The molecule has 2 aliphatic rings. The number of fused-ring (bicyclic) bond motifs is 1. The van der Waals surface area contributed by atoms with Crippen LogP contribution in [0.2, 0.25) is 0 Å². The molecule has 2 aliphatic heterocycles. The lowest BCUT2D eigenvalue weighted by atomic mass is 10.0. The fourth-order valence-electron chi connectivity index (χ4n) is 2.98. The predicted molar refractivity (Wildman–Crippen MR) is 78.9 cm³/mol. The Morgan fingerprint density at radius 1 is 1.41 bits per heavy atom. The lowest BCUT2D eigenvalue weighted by molar-refractivity contribution is -0.122. The van der Waals surface area contributed by atoms with E-state index in [0.717, 1.165) is 4.90 Å². The number of amides is 3. The van der Waals surface area contributed by atoms with Crippen molar-refractivity contribution >= 4 is 17.6 Å². The van der Waals surface area contributed by atoms with E-state index in [2.05, 4.69) is 6.58 Å². The first-order valence-corrected chi connectivity index (χ1v) is 7.24. The number of imide groups is 1. The lowest BCUT2D eigenvalue weighted by Gasteiger charge is -2.32. The van der Waals surface area contributed by atoms with Gasteiger partial charge in [-0.3, -0.25) is 4.79 Å². The van der Waals surface area contributed by atoms with E-state index in [9.17, 15) is 14.0 Å². The van der Waals surface area contributed by atoms with Crippen LogP contribution in [-0.4, -0.2) is 42.1 Å². The molecule has 1 aromatic carbocycles. The molecular formula is C16H17FN2O3. The number of rotatable bonds is 4. The molecule has 0 aromatic heterocycles. The van der Waals surface area contributed by atoms with E-state index >= 15 is 0 Å². The minimum absolute atomic E-state index is 0.0662. The standard InChI is InChI=1S/C16H17FN2O3/c1-2-8-22-13-6-7-18-14(10-13)15(20)19(16(18)21)12-5-3-4-11(17)9-12/h2-5,9,13-14H,1,6-8,10H2/t13-,14-/m0/s1. The van der Waals surface area contributed by atoms with Gasteiger partial charge < -0.3 is 9.64 Å². The number of nitrogens with zero attached hydrogens (tertiary/aromatic N) is 2. The molecule has 0 N–H and O–H groups in total. The second kappa shape index (κ2) is 5.88. The van der Waals surface area contributed by atoms with Crippen LogP contribution in [0, 0.1) is 5.82 Å². The van der Waals surface area contributed by atoms with Crippen molar-refractivity contribution in [3.05, 3.63) is 42.7 Å². The first kappa shape index (κ1) is 14.7. The van der Waals surface area contributed by atoms with Gasteiger partial charge in [-0.1, -0.05) is 12.1 Å². The van der Waals surface area contributed by atoms with E-state index in [-0.39, 0.29) is 23.7 Å². The summed E-state index contributed by atoms with van der Waals surface area (Å²) >= 11 is 0. The summed E-state index contributed by atoms with van der Waals surface area (Å²) in [4.78, 5) is 27.6. The largest absolute Gasteiger partial charge is 0.374 e. The number of hydrogen-bond acceptors (Lipinski definition) is 3. The van der Waals surface area contributed by atoms with Gasteiger partial charge in [0.25, 0.3) is 5.91 Å². The van der Waals surface area contributed by atoms with Crippen molar-refractivity contribution in [2.45, 2.75) is 25.0 Å². The van der Waals surface area contributed by atoms with E-state index in [1.54, 1.807) is 17.0 Å². The van der Waals surface area contributed by atoms with Crippen LogP contribution in [0.5, 0.6) is 0 Å². The molecule has 5 nitrogen and oxygen atoms in total. The molecule has 0 aliphatic carbocycles. The molecule has 6 heteroatoms. The maximum atomic E-state index is 13.4. The Balaban J connectivity index is 1.81. The number of carbonyl (C=O) groups is 2. The molecule has 116 valence electrons. The van der Waals surface area contributed by atoms with Crippen LogP contribution >= 0.6 is 0 Å². The molecule has 0 bridgehead atoms. The second-order valence-corrected chi connectivity index (χ2v) is 5.41. The lowest BCUT2D eigenvalue weighted by Crippen LogP contribution is -2.44. The number of urea groups is 1. The van der Waals surface area contributed by atoms with Gasteiger partial charge in [0, 0.05) is 13.0 Å². The van der Waals surface area contributed by atoms with E-state index in [0.29, 0.717) is 26.0 Å². The molecule has 0 radical (unpaired) electrons. The molecule has 22 heavy (non-hydrogen) atoms. The third kappa shape index (κ3) is 2.50. The number of piperidine rings is 1. The average Bonchev–Trinajstić information content (AvgIpc) is 2.76. The normalized spacial score (nSPS) is 24.6. The predicted octanol–water partition coefficient (Wildman–Crippen LogP) is 2.33. The SMILES string of the molecule is C=CCO[C@H]1CCN2C(=O)N(c3cccc(F)c3)C(=O)[C@@H]2C1. The van der Waals surface area contributed by atoms with Gasteiger partial charge >= 0.3 is 6.03 Å². The second-order valence-electron chi connectivity index (χ2n) is 5.41. The van der Waals surface area contributed by atoms with E-state index in [4.69, 9.17) is 4.74 Å². The van der Waals surface area contributed by atoms with Crippen LogP contribution in [0.4, 0.5) is 14.9 Å². The third-order valence-electron chi connectivity index (χ3n) is 4.01. The Kier molecular flexibility index (Phi) is 3.94. The first-order chi connectivity index (χ1) is 10.6. The minimum Gasteiger partial charge on any atom is -0.374 e. The molecule has 0 unspecified atom stereocenters. The van der Waals surface area contributed by atoms with Crippen molar-refractivity contribution in [3.8, 4) is 0 Å². The minimum atomic E-state index is -0.528. The molecule has 2 fully saturated rings. The Morgan fingerprint density at radius 2 is 2.23 bits per heavy atom. The Bertz CT molecular complexity index is 619. The highest BCUT2D eigenvalue weighted by Crippen LogP contribution is 2.31. The molecule has 2 heterocycles. The average molecular weight is 304 g/mol. The van der Waals surface area contributed by atoms with Crippen molar-refractivity contribution in [2.75, 3.05) is 18.1 Å². The quantitative estimate of drug-likeness (QED) is 0.633. The smallest absolute Gasteiger partial charge is 0.332 e. The van der Waals surface area contributed by atoms with Crippen LogP contribution in [-0.2, 0) is 9.53 Å². The molecule has 3 rings (SSSR count). The van der Waals surface area contributed by atoms with Gasteiger partial charge in [-0.05, 0) is 24.6 Å². The summed E-state index contributed by atoms with van der Waals surface area (Å²) in [6, 6.07) is 4.60. The first-order valence-electron chi connectivity index (χ1n) is 7.24. The Morgan fingerprint density at radius 3 is 2.95 bits per heavy atom. The number of halogens is 1. The monoisotopic (exact) mass is 304 g/mol. The molecule has 0 spiro atoms. The zero-order valence-corrected chi connectivity index (χ0v) is 12.1. The summed E-state index contributed by atoms with van der Waals surface area (Å²) in [5, 5.41) is 0. The molecule has 1 aromatic rings. The fraction of sp³-hybridized carbons (Fsp3) is 0.375. The summed E-state index contributed by atoms with van der Waals surface area (Å²) in [6.45, 7) is 4.48. The summed E-state index contributed by atoms with van der Waals surface area (Å²) in [7, 11) is 0. The zero-order chi connectivity index (χ0) is 15.7. The number of benzene rings is 1. The molecule has 3 amide bonds. The van der Waals surface area contributed by atoms with Gasteiger partial charge in [0.05, 0.1) is 18.4 Å². The van der Waals surface area contributed by atoms with E-state index in [1.165, 1.54) is 18.2 Å². The maximum Gasteiger partial charge on any atom is 0.332 e. The summed E-state index contributed by atoms with van der Waals surface area (Å²) in [6.07, 6.45) is 2.74. The highest BCUT2D eigenvalue weighted by Gasteiger charge is 2.48. The maximum absolute atomic E-state index is 13.4. The van der Waals surface area contributed by atoms with Crippen LogP contribution < -0.4 is 4.90 Å². The number of ether oxygens (including phenoxy) is 1. The highest BCUT2D eigenvalue weighted by molar-refractivity contribution is 6.21. The van der Waals surface area contributed by atoms with Crippen molar-refractivity contribution in [1.29, 1.82) is 0 Å². The van der Waals surface area contributed by atoms with Crippen molar-refractivity contribution in [3.63, 3.8) is 0 Å². The Hall–Kier alpha value is -2.21. The molecule has 2 saturated heterocycles. The third-order valence-corrected chi connectivity index (χ3v) is 4.01. The number of carbonyl (C=O) groups excluding carboxylic acids is 2.